The number of hydrogen-bond acceptors (Lipinski definition) is 5. The molecule has 1 aliphatic heterocycles. The second kappa shape index (κ2) is 7.97. The van der Waals surface area contributed by atoms with E-state index in [9.17, 15) is 14.7 Å². The number of fused-ring (bicyclic) bond motifs is 1. The van der Waals surface area contributed by atoms with Crippen molar-refractivity contribution >= 4 is 12.0 Å². The molecule has 2 N–H and O–H groups in total. The van der Waals surface area contributed by atoms with Crippen molar-refractivity contribution in [2.45, 2.75) is 83.6 Å². The molecule has 0 radical (unpaired) electrons. The van der Waals surface area contributed by atoms with E-state index >= 15 is 0 Å². The van der Waals surface area contributed by atoms with Crippen molar-refractivity contribution in [1.29, 1.82) is 0 Å². The van der Waals surface area contributed by atoms with Crippen molar-refractivity contribution in [3.63, 3.8) is 0 Å². The van der Waals surface area contributed by atoms with Gasteiger partial charge in [0.15, 0.2) is 5.82 Å². The van der Waals surface area contributed by atoms with Crippen LogP contribution in [0, 0.1) is 5.41 Å². The zero-order valence-electron chi connectivity index (χ0n) is 18.1. The van der Waals surface area contributed by atoms with Gasteiger partial charge in [-0.05, 0) is 40.0 Å². The lowest BCUT2D eigenvalue weighted by atomic mass is 9.75. The van der Waals surface area contributed by atoms with Gasteiger partial charge < -0.3 is 19.7 Å². The third-order valence-corrected chi connectivity index (χ3v) is 6.26. The molecule has 162 valence electrons. The number of carbonyl (C=O) groups excluding carboxylic acids is 2. The zero-order chi connectivity index (χ0) is 21.4. The molecular formula is C21H34N4O4. The Hall–Kier alpha value is -2.09. The van der Waals surface area contributed by atoms with Gasteiger partial charge in [0.1, 0.15) is 5.60 Å². The van der Waals surface area contributed by atoms with Crippen LogP contribution in [0.3, 0.4) is 0 Å². The highest BCUT2D eigenvalue weighted by molar-refractivity contribution is 5.90. The summed E-state index contributed by atoms with van der Waals surface area (Å²) in [6.07, 6.45) is 6.54. The molecule has 1 saturated carbocycles. The Balaban J connectivity index is 1.82. The van der Waals surface area contributed by atoms with Crippen LogP contribution in [0.4, 0.5) is 4.79 Å². The van der Waals surface area contributed by atoms with Crippen LogP contribution in [0.2, 0.25) is 0 Å². The van der Waals surface area contributed by atoms with Gasteiger partial charge in [0, 0.05) is 37.4 Å². The molecule has 29 heavy (non-hydrogen) atoms. The molecule has 2 amide bonds. The van der Waals surface area contributed by atoms with E-state index in [0.717, 1.165) is 25.7 Å². The highest BCUT2D eigenvalue weighted by Crippen LogP contribution is 2.48. The number of aromatic nitrogens is 2. The molecule has 0 unspecified atom stereocenters. The maximum atomic E-state index is 13.1. The largest absolute Gasteiger partial charge is 0.444 e. The molecule has 4 atom stereocenters. The quantitative estimate of drug-likeness (QED) is 0.804. The van der Waals surface area contributed by atoms with Crippen LogP contribution in [0.1, 0.15) is 70.4 Å². The highest BCUT2D eigenvalue weighted by atomic mass is 16.6. The van der Waals surface area contributed by atoms with Crippen molar-refractivity contribution in [2.75, 3.05) is 6.54 Å². The van der Waals surface area contributed by atoms with Gasteiger partial charge in [-0.25, -0.2) is 9.78 Å². The Morgan fingerprint density at radius 3 is 2.66 bits per heavy atom. The molecule has 0 aromatic carbocycles. The summed E-state index contributed by atoms with van der Waals surface area (Å²) in [6.45, 7) is 7.90. The van der Waals surface area contributed by atoms with Crippen LogP contribution in [0.15, 0.2) is 12.4 Å². The number of aryl methyl sites for hydroxylation is 1. The van der Waals surface area contributed by atoms with Crippen LogP contribution < -0.4 is 5.32 Å². The van der Waals surface area contributed by atoms with E-state index in [1.54, 1.807) is 28.9 Å². The monoisotopic (exact) mass is 406 g/mol. The summed E-state index contributed by atoms with van der Waals surface area (Å²) in [7, 11) is 1.76. The summed E-state index contributed by atoms with van der Waals surface area (Å²) in [5.74, 6) is 0.0479. The number of likely N-dealkylation sites (tertiary alicyclic amines) is 1. The van der Waals surface area contributed by atoms with E-state index in [-0.39, 0.29) is 24.1 Å². The third-order valence-electron chi connectivity index (χ3n) is 6.26. The highest BCUT2D eigenvalue weighted by Gasteiger charge is 2.55. The van der Waals surface area contributed by atoms with Gasteiger partial charge in [-0.2, -0.15) is 0 Å². The molecular weight excluding hydrogens is 372 g/mol. The van der Waals surface area contributed by atoms with Gasteiger partial charge in [0.05, 0.1) is 12.1 Å². The number of carbonyl (C=O) groups is 2. The van der Waals surface area contributed by atoms with Crippen molar-refractivity contribution < 1.29 is 19.4 Å². The zero-order valence-corrected chi connectivity index (χ0v) is 18.1. The van der Waals surface area contributed by atoms with E-state index in [0.29, 0.717) is 18.8 Å². The first-order chi connectivity index (χ1) is 13.5. The molecule has 2 aliphatic rings. The summed E-state index contributed by atoms with van der Waals surface area (Å²) in [6, 6.07) is -0.346. The number of rotatable bonds is 3. The van der Waals surface area contributed by atoms with Crippen LogP contribution >= 0.6 is 0 Å². The molecule has 8 nitrogen and oxygen atoms in total. The molecule has 8 heteroatoms. The number of aliphatic hydroxyl groups excluding tert-OH is 1. The van der Waals surface area contributed by atoms with Gasteiger partial charge in [-0.15, -0.1) is 0 Å². The number of amides is 2. The van der Waals surface area contributed by atoms with Crippen molar-refractivity contribution in [3.8, 4) is 0 Å². The second-order valence-corrected chi connectivity index (χ2v) is 9.64. The Labute approximate surface area is 172 Å². The SMILES string of the molecule is Cn1ccnc1C(=O)NC[C@H]1C[C@@]2(C)[C@@H](O)CCCC[C@H]2N1C(=O)OC(C)(C)C. The smallest absolute Gasteiger partial charge is 0.410 e. The minimum absolute atomic E-state index is 0.107. The molecule has 1 saturated heterocycles. The summed E-state index contributed by atoms with van der Waals surface area (Å²) >= 11 is 0. The molecule has 0 bridgehead atoms. The topological polar surface area (TPSA) is 96.7 Å². The lowest BCUT2D eigenvalue weighted by Gasteiger charge is -2.37. The summed E-state index contributed by atoms with van der Waals surface area (Å²) < 4.78 is 7.35. The second-order valence-electron chi connectivity index (χ2n) is 9.64. The van der Waals surface area contributed by atoms with E-state index < -0.39 is 17.1 Å². The Morgan fingerprint density at radius 2 is 2.03 bits per heavy atom. The van der Waals surface area contributed by atoms with Crippen molar-refractivity contribution in [3.05, 3.63) is 18.2 Å². The van der Waals surface area contributed by atoms with Crippen LogP contribution in [0.5, 0.6) is 0 Å². The number of nitrogens with one attached hydrogen (secondary N) is 1. The standard InChI is InChI=1S/C21H34N4O4/c1-20(2,3)29-19(28)25-14(13-23-18(27)17-22-10-11-24(17)5)12-21(4)15(25)8-6-7-9-16(21)26/h10-11,14-16,26H,6-9,12-13H2,1-5H3,(H,23,27)/t14-,15-,16+,21-/m1/s1. The van der Waals surface area contributed by atoms with E-state index in [1.807, 2.05) is 20.8 Å². The number of nitrogens with zero attached hydrogens (tertiary/aromatic N) is 3. The Kier molecular flexibility index (Phi) is 5.94. The first-order valence-electron chi connectivity index (χ1n) is 10.5. The average Bonchev–Trinajstić information content (AvgIpc) is 3.13. The Morgan fingerprint density at radius 1 is 1.34 bits per heavy atom. The predicted octanol–water partition coefficient (Wildman–Crippen LogP) is 2.47. The normalized spacial score (nSPS) is 29.9. The maximum absolute atomic E-state index is 13.1. The lowest BCUT2D eigenvalue weighted by Crippen LogP contribution is -2.50. The fourth-order valence-electron chi connectivity index (χ4n) is 4.78. The number of hydrogen-bond donors (Lipinski definition) is 2. The average molecular weight is 407 g/mol. The summed E-state index contributed by atoms with van der Waals surface area (Å²) in [5, 5.41) is 13.8. The van der Waals surface area contributed by atoms with Crippen LogP contribution in [-0.4, -0.2) is 61.9 Å². The number of imidazole rings is 1. The van der Waals surface area contributed by atoms with Crippen LogP contribution in [-0.2, 0) is 11.8 Å². The molecule has 2 heterocycles. The minimum atomic E-state index is -0.611. The van der Waals surface area contributed by atoms with Crippen molar-refractivity contribution in [2.24, 2.45) is 12.5 Å². The fourth-order valence-corrected chi connectivity index (χ4v) is 4.78. The van der Waals surface area contributed by atoms with Crippen LogP contribution in [0.25, 0.3) is 0 Å². The molecule has 1 aromatic rings. The molecule has 1 aromatic heterocycles. The maximum Gasteiger partial charge on any atom is 0.410 e. The van der Waals surface area contributed by atoms with E-state index in [4.69, 9.17) is 4.74 Å². The minimum Gasteiger partial charge on any atom is -0.444 e. The van der Waals surface area contributed by atoms with Gasteiger partial charge in [-0.3, -0.25) is 9.69 Å². The van der Waals surface area contributed by atoms with E-state index in [1.165, 1.54) is 0 Å². The predicted molar refractivity (Wildman–Crippen MR) is 108 cm³/mol. The molecule has 1 aliphatic carbocycles. The van der Waals surface area contributed by atoms with Gasteiger partial charge >= 0.3 is 6.09 Å². The first kappa shape index (κ1) is 21.6. The molecule has 2 fully saturated rings. The summed E-state index contributed by atoms with van der Waals surface area (Å²) in [4.78, 5) is 31.5. The van der Waals surface area contributed by atoms with E-state index in [2.05, 4.69) is 17.2 Å². The first-order valence-corrected chi connectivity index (χ1v) is 10.5. The van der Waals surface area contributed by atoms with Gasteiger partial charge in [0.25, 0.3) is 5.91 Å². The third kappa shape index (κ3) is 4.42. The summed E-state index contributed by atoms with van der Waals surface area (Å²) in [5.41, 5.74) is -1.02. The number of ether oxygens (including phenoxy) is 1. The lowest BCUT2D eigenvalue weighted by molar-refractivity contribution is -0.00901. The fraction of sp³-hybridized carbons (Fsp3) is 0.762. The Bertz CT molecular complexity index is 756. The number of aliphatic hydroxyl groups is 1. The molecule has 0 spiro atoms. The molecule has 3 rings (SSSR count). The van der Waals surface area contributed by atoms with Gasteiger partial charge in [-0.1, -0.05) is 19.8 Å². The van der Waals surface area contributed by atoms with Gasteiger partial charge in [0.2, 0.25) is 0 Å². The van der Waals surface area contributed by atoms with Crippen molar-refractivity contribution in [1.82, 2.24) is 19.8 Å².